The fourth-order valence-electron chi connectivity index (χ4n) is 1.59. The number of rotatable bonds is 7. The molecule has 1 aromatic rings. The van der Waals surface area contributed by atoms with E-state index in [1.807, 2.05) is 6.92 Å². The van der Waals surface area contributed by atoms with E-state index >= 15 is 0 Å². The first-order chi connectivity index (χ1) is 9.54. The third kappa shape index (κ3) is 5.38. The number of hydrogen-bond donors (Lipinski definition) is 2. The lowest BCUT2D eigenvalue weighted by atomic mass is 10.1. The summed E-state index contributed by atoms with van der Waals surface area (Å²) < 4.78 is 9.95. The summed E-state index contributed by atoms with van der Waals surface area (Å²) >= 11 is 0. The summed E-state index contributed by atoms with van der Waals surface area (Å²) in [6.07, 6.45) is 0. The van der Waals surface area contributed by atoms with Gasteiger partial charge in [0.15, 0.2) is 0 Å². The van der Waals surface area contributed by atoms with E-state index in [0.717, 1.165) is 5.56 Å². The van der Waals surface area contributed by atoms with Crippen molar-refractivity contribution < 1.29 is 19.1 Å². The molecule has 0 saturated carbocycles. The topological polar surface area (TPSA) is 76.7 Å². The molecule has 2 amide bonds. The number of amides is 2. The van der Waals surface area contributed by atoms with Crippen molar-refractivity contribution in [3.63, 3.8) is 0 Å². The molecule has 0 saturated heterocycles. The van der Waals surface area contributed by atoms with Crippen LogP contribution in [0.3, 0.4) is 0 Å². The van der Waals surface area contributed by atoms with Gasteiger partial charge >= 0.3 is 0 Å². The van der Waals surface area contributed by atoms with Gasteiger partial charge in [-0.2, -0.15) is 0 Å². The molecular weight excluding hydrogens is 260 g/mol. The third-order valence-electron chi connectivity index (χ3n) is 2.58. The normalized spacial score (nSPS) is 10.2. The van der Waals surface area contributed by atoms with Gasteiger partial charge < -0.3 is 20.1 Å². The fraction of sp³-hybridized carbons (Fsp3) is 0.429. The number of carbonyl (C=O) groups is 2. The predicted octanol–water partition coefficient (Wildman–Crippen LogP) is 1.55. The Kier molecular flexibility index (Phi) is 6.69. The zero-order valence-electron chi connectivity index (χ0n) is 12.0. The molecule has 1 aromatic carbocycles. The number of hydrogen-bond acceptors (Lipinski definition) is 4. The molecule has 0 aliphatic rings. The highest BCUT2D eigenvalue weighted by atomic mass is 16.5. The van der Waals surface area contributed by atoms with Crippen LogP contribution in [0.15, 0.2) is 18.2 Å². The maximum atomic E-state index is 11.7. The predicted molar refractivity (Wildman–Crippen MR) is 76.8 cm³/mol. The molecule has 20 heavy (non-hydrogen) atoms. The van der Waals surface area contributed by atoms with Crippen LogP contribution in [0.4, 0.5) is 11.4 Å². The lowest BCUT2D eigenvalue weighted by molar-refractivity contribution is -0.121. The molecule has 0 heterocycles. The van der Waals surface area contributed by atoms with Crippen molar-refractivity contribution in [3.8, 4) is 0 Å². The second-order valence-electron chi connectivity index (χ2n) is 4.25. The standard InChI is InChI=1S/C14H20N2O4/c1-10-12(15-11(2)17)5-4-6-13(10)16-14(18)9-20-8-7-19-3/h4-6H,7-9H2,1-3H3,(H,15,17)(H,16,18). The van der Waals surface area contributed by atoms with Crippen LogP contribution in [-0.2, 0) is 19.1 Å². The summed E-state index contributed by atoms with van der Waals surface area (Å²) in [6, 6.07) is 5.31. The van der Waals surface area contributed by atoms with Gasteiger partial charge in [-0.05, 0) is 24.6 Å². The van der Waals surface area contributed by atoms with E-state index in [1.54, 1.807) is 25.3 Å². The Labute approximate surface area is 118 Å². The SMILES string of the molecule is COCCOCC(=O)Nc1cccc(NC(C)=O)c1C. The average molecular weight is 280 g/mol. The maximum absolute atomic E-state index is 11.7. The first-order valence-corrected chi connectivity index (χ1v) is 6.28. The summed E-state index contributed by atoms with van der Waals surface area (Å²) in [6.45, 7) is 4.05. The smallest absolute Gasteiger partial charge is 0.250 e. The van der Waals surface area contributed by atoms with Gasteiger partial charge in [0.25, 0.3) is 0 Å². The Morgan fingerprint density at radius 1 is 1.15 bits per heavy atom. The van der Waals surface area contributed by atoms with Gasteiger partial charge in [0.05, 0.1) is 13.2 Å². The van der Waals surface area contributed by atoms with Gasteiger partial charge in [0.1, 0.15) is 6.61 Å². The quantitative estimate of drug-likeness (QED) is 0.743. The van der Waals surface area contributed by atoms with E-state index in [4.69, 9.17) is 9.47 Å². The molecule has 0 aliphatic heterocycles. The lowest BCUT2D eigenvalue weighted by Crippen LogP contribution is -2.20. The van der Waals surface area contributed by atoms with Gasteiger partial charge in [0, 0.05) is 25.4 Å². The van der Waals surface area contributed by atoms with E-state index in [0.29, 0.717) is 24.6 Å². The molecular formula is C14H20N2O4. The highest BCUT2D eigenvalue weighted by Gasteiger charge is 2.08. The monoisotopic (exact) mass is 280 g/mol. The van der Waals surface area contributed by atoms with Crippen LogP contribution < -0.4 is 10.6 Å². The molecule has 0 aliphatic carbocycles. The maximum Gasteiger partial charge on any atom is 0.250 e. The van der Waals surface area contributed by atoms with Crippen LogP contribution in [-0.4, -0.2) is 38.7 Å². The van der Waals surface area contributed by atoms with E-state index < -0.39 is 0 Å². The summed E-state index contributed by atoms with van der Waals surface area (Å²) in [5.41, 5.74) is 2.13. The summed E-state index contributed by atoms with van der Waals surface area (Å²) in [5, 5.41) is 5.45. The highest BCUT2D eigenvalue weighted by molar-refractivity contribution is 5.95. The van der Waals surface area contributed by atoms with Gasteiger partial charge in [-0.15, -0.1) is 0 Å². The molecule has 0 radical (unpaired) electrons. The molecule has 2 N–H and O–H groups in total. The van der Waals surface area contributed by atoms with Crippen LogP contribution in [0.5, 0.6) is 0 Å². The Balaban J connectivity index is 2.59. The number of nitrogens with one attached hydrogen (secondary N) is 2. The number of carbonyl (C=O) groups excluding carboxylic acids is 2. The molecule has 0 aromatic heterocycles. The van der Waals surface area contributed by atoms with Gasteiger partial charge in [-0.3, -0.25) is 9.59 Å². The number of methoxy groups -OCH3 is 1. The van der Waals surface area contributed by atoms with Crippen LogP contribution in [0.2, 0.25) is 0 Å². The molecule has 0 fully saturated rings. The molecule has 0 atom stereocenters. The minimum Gasteiger partial charge on any atom is -0.382 e. The zero-order chi connectivity index (χ0) is 15.0. The zero-order valence-corrected chi connectivity index (χ0v) is 12.0. The number of ether oxygens (including phenoxy) is 2. The second kappa shape index (κ2) is 8.29. The van der Waals surface area contributed by atoms with Gasteiger partial charge in [-0.25, -0.2) is 0 Å². The number of anilines is 2. The minimum atomic E-state index is -0.246. The van der Waals surface area contributed by atoms with Crippen LogP contribution in [0.25, 0.3) is 0 Å². The van der Waals surface area contributed by atoms with Crippen LogP contribution >= 0.6 is 0 Å². The Bertz CT molecular complexity index is 474. The minimum absolute atomic E-state index is 0.0346. The molecule has 6 nitrogen and oxygen atoms in total. The van der Waals surface area contributed by atoms with Crippen molar-refractivity contribution in [2.24, 2.45) is 0 Å². The van der Waals surface area contributed by atoms with Gasteiger partial charge in [-0.1, -0.05) is 6.07 Å². The summed E-state index contributed by atoms with van der Waals surface area (Å²) in [7, 11) is 1.57. The lowest BCUT2D eigenvalue weighted by Gasteiger charge is -2.12. The largest absolute Gasteiger partial charge is 0.382 e. The molecule has 0 bridgehead atoms. The fourth-order valence-corrected chi connectivity index (χ4v) is 1.59. The van der Waals surface area contributed by atoms with E-state index in [1.165, 1.54) is 6.92 Å². The van der Waals surface area contributed by atoms with E-state index in [-0.39, 0.29) is 18.4 Å². The molecule has 0 unspecified atom stereocenters. The second-order valence-corrected chi connectivity index (χ2v) is 4.25. The third-order valence-corrected chi connectivity index (χ3v) is 2.58. The van der Waals surface area contributed by atoms with Crippen molar-refractivity contribution in [1.82, 2.24) is 0 Å². The molecule has 110 valence electrons. The Hall–Kier alpha value is -1.92. The van der Waals surface area contributed by atoms with E-state index in [2.05, 4.69) is 10.6 Å². The first-order valence-electron chi connectivity index (χ1n) is 6.28. The van der Waals surface area contributed by atoms with Crippen molar-refractivity contribution in [3.05, 3.63) is 23.8 Å². The van der Waals surface area contributed by atoms with Crippen molar-refractivity contribution >= 4 is 23.2 Å². The molecule has 6 heteroatoms. The Morgan fingerprint density at radius 2 is 1.80 bits per heavy atom. The number of benzene rings is 1. The summed E-state index contributed by atoms with van der Waals surface area (Å²) in [5.74, 6) is -0.399. The van der Waals surface area contributed by atoms with Crippen molar-refractivity contribution in [2.75, 3.05) is 37.6 Å². The first kappa shape index (κ1) is 16.1. The Morgan fingerprint density at radius 3 is 2.40 bits per heavy atom. The van der Waals surface area contributed by atoms with E-state index in [9.17, 15) is 9.59 Å². The van der Waals surface area contributed by atoms with Gasteiger partial charge in [0.2, 0.25) is 11.8 Å². The molecule has 1 rings (SSSR count). The van der Waals surface area contributed by atoms with Crippen molar-refractivity contribution in [1.29, 1.82) is 0 Å². The highest BCUT2D eigenvalue weighted by Crippen LogP contribution is 2.23. The van der Waals surface area contributed by atoms with Crippen LogP contribution in [0, 0.1) is 6.92 Å². The molecule has 0 spiro atoms. The summed E-state index contributed by atoms with van der Waals surface area (Å²) in [4.78, 5) is 22.8. The van der Waals surface area contributed by atoms with Crippen molar-refractivity contribution in [2.45, 2.75) is 13.8 Å². The average Bonchev–Trinajstić information content (AvgIpc) is 2.39. The van der Waals surface area contributed by atoms with Crippen LogP contribution in [0.1, 0.15) is 12.5 Å².